The topological polar surface area (TPSA) is 35.2 Å². The second kappa shape index (κ2) is 6.49. The van der Waals surface area contributed by atoms with Gasteiger partial charge in [-0.05, 0) is 68.7 Å². The van der Waals surface area contributed by atoms with Gasteiger partial charge in [0.1, 0.15) is 5.82 Å². The van der Waals surface area contributed by atoms with E-state index in [1.54, 1.807) is 6.07 Å². The fourth-order valence-electron chi connectivity index (χ4n) is 2.89. The highest BCUT2D eigenvalue weighted by Gasteiger charge is 2.30. The number of hydrogen-bond acceptors (Lipinski definition) is 2. The van der Waals surface area contributed by atoms with E-state index in [0.29, 0.717) is 12.0 Å². The fraction of sp³-hybridized carbons (Fsp3) is 0.625. The maximum Gasteiger partial charge on any atom is 0.123 e. The van der Waals surface area contributed by atoms with Crippen molar-refractivity contribution in [3.8, 4) is 0 Å². The minimum Gasteiger partial charge on any atom is -0.378 e. The van der Waals surface area contributed by atoms with Crippen LogP contribution in [0, 0.1) is 18.7 Å². The third kappa shape index (κ3) is 4.02. The zero-order chi connectivity index (χ0) is 13.8. The SMILES string of the molecule is CCOC1CC(CC(N)Cc2cc(F)ccc2C)C1. The Bertz CT molecular complexity index is 415. The molecule has 2 rings (SSSR count). The molecule has 1 aliphatic rings. The molecule has 0 amide bonds. The van der Waals surface area contributed by atoms with Crippen LogP contribution in [0.25, 0.3) is 0 Å². The van der Waals surface area contributed by atoms with Crippen molar-refractivity contribution in [1.82, 2.24) is 0 Å². The molecule has 1 saturated carbocycles. The van der Waals surface area contributed by atoms with Crippen LogP contribution >= 0.6 is 0 Å². The van der Waals surface area contributed by atoms with E-state index in [4.69, 9.17) is 10.5 Å². The molecule has 3 heteroatoms. The smallest absolute Gasteiger partial charge is 0.123 e. The number of hydrogen-bond donors (Lipinski definition) is 1. The quantitative estimate of drug-likeness (QED) is 0.857. The second-order valence-corrected chi connectivity index (χ2v) is 5.69. The number of halogens is 1. The predicted octanol–water partition coefficient (Wildman–Crippen LogP) is 3.21. The van der Waals surface area contributed by atoms with Crippen LogP contribution in [0.15, 0.2) is 18.2 Å². The summed E-state index contributed by atoms with van der Waals surface area (Å²) >= 11 is 0. The van der Waals surface area contributed by atoms with Gasteiger partial charge in [-0.1, -0.05) is 6.07 Å². The third-order valence-electron chi connectivity index (χ3n) is 4.02. The summed E-state index contributed by atoms with van der Waals surface area (Å²) in [6, 6.07) is 5.06. The van der Waals surface area contributed by atoms with Gasteiger partial charge in [-0.2, -0.15) is 0 Å². The first-order chi connectivity index (χ1) is 9.08. The van der Waals surface area contributed by atoms with Crippen LogP contribution in [-0.4, -0.2) is 18.8 Å². The van der Waals surface area contributed by atoms with E-state index in [1.165, 1.54) is 6.07 Å². The van der Waals surface area contributed by atoms with Crippen LogP contribution in [0.1, 0.15) is 37.3 Å². The Morgan fingerprint density at radius 2 is 2.16 bits per heavy atom. The van der Waals surface area contributed by atoms with Gasteiger partial charge in [0.05, 0.1) is 6.10 Å². The van der Waals surface area contributed by atoms with Crippen molar-refractivity contribution in [3.63, 3.8) is 0 Å². The van der Waals surface area contributed by atoms with Gasteiger partial charge in [-0.15, -0.1) is 0 Å². The van der Waals surface area contributed by atoms with E-state index in [2.05, 4.69) is 0 Å². The summed E-state index contributed by atoms with van der Waals surface area (Å²) in [5.74, 6) is 0.508. The van der Waals surface area contributed by atoms with Gasteiger partial charge < -0.3 is 10.5 Å². The monoisotopic (exact) mass is 265 g/mol. The molecule has 0 spiro atoms. The molecule has 1 fully saturated rings. The van der Waals surface area contributed by atoms with Crippen LogP contribution in [0.2, 0.25) is 0 Å². The Morgan fingerprint density at radius 1 is 1.42 bits per heavy atom. The number of rotatable bonds is 6. The van der Waals surface area contributed by atoms with Gasteiger partial charge in [0.2, 0.25) is 0 Å². The summed E-state index contributed by atoms with van der Waals surface area (Å²) in [6.45, 7) is 4.84. The Kier molecular flexibility index (Phi) is 4.94. The summed E-state index contributed by atoms with van der Waals surface area (Å²) < 4.78 is 18.8. The third-order valence-corrected chi connectivity index (χ3v) is 4.02. The van der Waals surface area contributed by atoms with E-state index >= 15 is 0 Å². The van der Waals surface area contributed by atoms with Crippen molar-refractivity contribution in [1.29, 1.82) is 0 Å². The van der Waals surface area contributed by atoms with E-state index in [9.17, 15) is 4.39 Å². The van der Waals surface area contributed by atoms with Gasteiger partial charge in [-0.25, -0.2) is 4.39 Å². The molecule has 1 unspecified atom stereocenters. The molecule has 1 atom stereocenters. The molecule has 2 N–H and O–H groups in total. The molecular formula is C16H24FNO. The van der Waals surface area contributed by atoms with Crippen LogP contribution < -0.4 is 5.73 Å². The van der Waals surface area contributed by atoms with Gasteiger partial charge in [-0.3, -0.25) is 0 Å². The molecule has 0 heterocycles. The molecule has 2 nitrogen and oxygen atoms in total. The highest BCUT2D eigenvalue weighted by atomic mass is 19.1. The van der Waals surface area contributed by atoms with Crippen molar-refractivity contribution in [2.45, 2.75) is 51.7 Å². The summed E-state index contributed by atoms with van der Waals surface area (Å²) in [4.78, 5) is 0. The second-order valence-electron chi connectivity index (χ2n) is 5.69. The van der Waals surface area contributed by atoms with Crippen molar-refractivity contribution in [2.75, 3.05) is 6.61 Å². The van der Waals surface area contributed by atoms with Crippen LogP contribution in [0.5, 0.6) is 0 Å². The molecule has 0 bridgehead atoms. The average molecular weight is 265 g/mol. The maximum atomic E-state index is 13.2. The van der Waals surface area contributed by atoms with Gasteiger partial charge in [0, 0.05) is 12.6 Å². The Labute approximate surface area is 115 Å². The van der Waals surface area contributed by atoms with Gasteiger partial charge in [0.15, 0.2) is 0 Å². The zero-order valence-electron chi connectivity index (χ0n) is 11.9. The maximum absolute atomic E-state index is 13.2. The number of aryl methyl sites for hydroxylation is 1. The highest BCUT2D eigenvalue weighted by molar-refractivity contribution is 5.27. The molecule has 0 saturated heterocycles. The number of ether oxygens (including phenoxy) is 1. The molecule has 106 valence electrons. The normalized spacial score (nSPS) is 24.0. The Morgan fingerprint density at radius 3 is 2.84 bits per heavy atom. The van der Waals surface area contributed by atoms with E-state index in [1.807, 2.05) is 19.9 Å². The summed E-state index contributed by atoms with van der Waals surface area (Å²) in [5, 5.41) is 0. The molecule has 0 radical (unpaired) electrons. The molecule has 1 aromatic rings. The van der Waals surface area contributed by atoms with E-state index in [0.717, 1.165) is 43.4 Å². The van der Waals surface area contributed by atoms with E-state index in [-0.39, 0.29) is 11.9 Å². The van der Waals surface area contributed by atoms with Crippen LogP contribution in [-0.2, 0) is 11.2 Å². The van der Waals surface area contributed by atoms with Crippen LogP contribution in [0.4, 0.5) is 4.39 Å². The highest BCUT2D eigenvalue weighted by Crippen LogP contribution is 2.33. The number of benzene rings is 1. The minimum atomic E-state index is -0.173. The molecule has 0 aromatic heterocycles. The minimum absolute atomic E-state index is 0.119. The standard InChI is InChI=1S/C16H24FNO/c1-3-19-16-7-12(8-16)6-15(18)10-13-9-14(17)5-4-11(13)2/h4-5,9,12,15-16H,3,6-8,10,18H2,1-2H3. The lowest BCUT2D eigenvalue weighted by atomic mass is 9.77. The number of nitrogens with two attached hydrogens (primary N) is 1. The van der Waals surface area contributed by atoms with Gasteiger partial charge >= 0.3 is 0 Å². The van der Waals surface area contributed by atoms with Crippen molar-refractivity contribution >= 4 is 0 Å². The first-order valence-corrected chi connectivity index (χ1v) is 7.20. The van der Waals surface area contributed by atoms with Crippen molar-refractivity contribution in [3.05, 3.63) is 35.1 Å². The summed E-state index contributed by atoms with van der Waals surface area (Å²) in [7, 11) is 0. The lowest BCUT2D eigenvalue weighted by molar-refractivity contribution is -0.0280. The predicted molar refractivity (Wildman–Crippen MR) is 75.6 cm³/mol. The lowest BCUT2D eigenvalue weighted by Gasteiger charge is -2.36. The molecular weight excluding hydrogens is 241 g/mol. The van der Waals surface area contributed by atoms with E-state index < -0.39 is 0 Å². The zero-order valence-corrected chi connectivity index (χ0v) is 11.9. The van der Waals surface area contributed by atoms with Crippen molar-refractivity contribution < 1.29 is 9.13 Å². The van der Waals surface area contributed by atoms with Crippen molar-refractivity contribution in [2.24, 2.45) is 11.7 Å². The first kappa shape index (κ1) is 14.5. The lowest BCUT2D eigenvalue weighted by Crippen LogP contribution is -2.36. The fourth-order valence-corrected chi connectivity index (χ4v) is 2.89. The van der Waals surface area contributed by atoms with Crippen LogP contribution in [0.3, 0.4) is 0 Å². The summed E-state index contributed by atoms with van der Waals surface area (Å²) in [5.41, 5.74) is 8.35. The Hall–Kier alpha value is -0.930. The van der Waals surface area contributed by atoms with Gasteiger partial charge in [0.25, 0.3) is 0 Å². The summed E-state index contributed by atoms with van der Waals surface area (Å²) in [6.07, 6.45) is 4.48. The molecule has 19 heavy (non-hydrogen) atoms. The Balaban J connectivity index is 1.79. The first-order valence-electron chi connectivity index (χ1n) is 7.20. The molecule has 0 aliphatic heterocycles. The average Bonchev–Trinajstić information content (AvgIpc) is 2.31. The molecule has 1 aromatic carbocycles. The largest absolute Gasteiger partial charge is 0.378 e. The molecule has 1 aliphatic carbocycles.